The van der Waals surface area contributed by atoms with Crippen LogP contribution in [0.2, 0.25) is 0 Å². The third-order valence-corrected chi connectivity index (χ3v) is 3.38. The van der Waals surface area contributed by atoms with Crippen molar-refractivity contribution in [2.45, 2.75) is 26.3 Å². The maximum absolute atomic E-state index is 11.8. The molecular weight excluding hydrogens is 352 g/mol. The molecule has 1 aromatic rings. The molecule has 1 aromatic carbocycles. The summed E-state index contributed by atoms with van der Waals surface area (Å²) in [5.74, 6) is -1.86. The van der Waals surface area contributed by atoms with Gasteiger partial charge in [0.2, 0.25) is 5.91 Å². The smallest absolute Gasteiger partial charge is 0.326 e. The highest BCUT2D eigenvalue weighted by molar-refractivity contribution is 9.10. The van der Waals surface area contributed by atoms with E-state index in [-0.39, 0.29) is 12.5 Å². The standard InChI is InChI=1S/C15H19BrN2O4/c1-9(2)7-12(15(21)22)18-13(19)8-17-14(20)10-3-5-11(16)6-4-10/h3-6,9,12H,7-8H2,1-2H3,(H,17,20)(H,18,19)(H,21,22)/t12-/m0/s1. The van der Waals surface area contributed by atoms with E-state index >= 15 is 0 Å². The lowest BCUT2D eigenvalue weighted by molar-refractivity contribution is -0.142. The molecule has 0 saturated carbocycles. The van der Waals surface area contributed by atoms with Gasteiger partial charge in [0.15, 0.2) is 0 Å². The molecule has 22 heavy (non-hydrogen) atoms. The van der Waals surface area contributed by atoms with Crippen molar-refractivity contribution in [1.29, 1.82) is 0 Å². The summed E-state index contributed by atoms with van der Waals surface area (Å²) in [6.07, 6.45) is 0.335. The zero-order chi connectivity index (χ0) is 16.7. The first-order valence-corrected chi connectivity index (χ1v) is 7.64. The lowest BCUT2D eigenvalue weighted by Crippen LogP contribution is -2.46. The molecule has 1 atom stereocenters. The average molecular weight is 371 g/mol. The van der Waals surface area contributed by atoms with Crippen LogP contribution in [0.25, 0.3) is 0 Å². The second-order valence-electron chi connectivity index (χ2n) is 5.28. The Morgan fingerprint density at radius 2 is 1.77 bits per heavy atom. The van der Waals surface area contributed by atoms with Gasteiger partial charge in [0, 0.05) is 10.0 Å². The van der Waals surface area contributed by atoms with Crippen molar-refractivity contribution in [3.8, 4) is 0 Å². The second-order valence-corrected chi connectivity index (χ2v) is 6.19. The van der Waals surface area contributed by atoms with E-state index in [1.807, 2.05) is 13.8 Å². The predicted molar refractivity (Wildman–Crippen MR) is 85.5 cm³/mol. The van der Waals surface area contributed by atoms with Crippen LogP contribution < -0.4 is 10.6 Å². The first-order chi connectivity index (χ1) is 10.3. The molecule has 0 aliphatic heterocycles. The first kappa shape index (κ1) is 18.2. The summed E-state index contributed by atoms with van der Waals surface area (Å²) in [6, 6.07) is 5.74. The summed E-state index contributed by atoms with van der Waals surface area (Å²) in [5.41, 5.74) is 0.424. The van der Waals surface area contributed by atoms with Crippen molar-refractivity contribution in [1.82, 2.24) is 10.6 Å². The van der Waals surface area contributed by atoms with Gasteiger partial charge in [-0.2, -0.15) is 0 Å². The van der Waals surface area contributed by atoms with Crippen molar-refractivity contribution in [3.05, 3.63) is 34.3 Å². The maximum Gasteiger partial charge on any atom is 0.326 e. The fraction of sp³-hybridized carbons (Fsp3) is 0.400. The fourth-order valence-corrected chi connectivity index (χ4v) is 2.07. The molecule has 120 valence electrons. The van der Waals surface area contributed by atoms with Crippen LogP contribution in [-0.4, -0.2) is 35.5 Å². The molecule has 0 saturated heterocycles. The van der Waals surface area contributed by atoms with Crippen LogP contribution in [0.15, 0.2) is 28.7 Å². The van der Waals surface area contributed by atoms with Crippen LogP contribution in [0.4, 0.5) is 0 Å². The Bertz CT molecular complexity index is 543. The molecular formula is C15H19BrN2O4. The van der Waals surface area contributed by atoms with Crippen LogP contribution >= 0.6 is 15.9 Å². The third-order valence-electron chi connectivity index (χ3n) is 2.86. The Balaban J connectivity index is 2.49. The van der Waals surface area contributed by atoms with Gasteiger partial charge in [0.05, 0.1) is 6.54 Å². The number of carboxylic acids is 1. The molecule has 2 amide bonds. The molecule has 0 unspecified atom stereocenters. The normalized spacial score (nSPS) is 11.8. The molecule has 0 bridgehead atoms. The predicted octanol–water partition coefficient (Wildman–Crippen LogP) is 1.79. The Kier molecular flexibility index (Phi) is 7.04. The average Bonchev–Trinajstić information content (AvgIpc) is 2.44. The fourth-order valence-electron chi connectivity index (χ4n) is 1.80. The number of nitrogens with one attached hydrogen (secondary N) is 2. The Morgan fingerprint density at radius 3 is 2.27 bits per heavy atom. The van der Waals surface area contributed by atoms with E-state index in [2.05, 4.69) is 26.6 Å². The number of halogens is 1. The Hall–Kier alpha value is -1.89. The highest BCUT2D eigenvalue weighted by atomic mass is 79.9. The number of aliphatic carboxylic acids is 1. The quantitative estimate of drug-likeness (QED) is 0.681. The van der Waals surface area contributed by atoms with Crippen LogP contribution in [-0.2, 0) is 9.59 Å². The van der Waals surface area contributed by atoms with Crippen LogP contribution in [0.1, 0.15) is 30.6 Å². The van der Waals surface area contributed by atoms with Gasteiger partial charge < -0.3 is 15.7 Å². The van der Waals surface area contributed by atoms with E-state index in [0.29, 0.717) is 12.0 Å². The number of carbonyl (C=O) groups is 3. The van der Waals surface area contributed by atoms with Crippen LogP contribution in [0.5, 0.6) is 0 Å². The molecule has 0 radical (unpaired) electrons. The lowest BCUT2D eigenvalue weighted by Gasteiger charge is -2.16. The highest BCUT2D eigenvalue weighted by Gasteiger charge is 2.21. The molecule has 0 heterocycles. The van der Waals surface area contributed by atoms with E-state index in [1.165, 1.54) is 0 Å². The monoisotopic (exact) mass is 370 g/mol. The Labute approximate surface area is 137 Å². The van der Waals surface area contributed by atoms with Crippen molar-refractivity contribution in [2.24, 2.45) is 5.92 Å². The minimum Gasteiger partial charge on any atom is -0.480 e. The maximum atomic E-state index is 11.8. The topological polar surface area (TPSA) is 95.5 Å². The van der Waals surface area contributed by atoms with E-state index in [4.69, 9.17) is 5.11 Å². The number of rotatable bonds is 7. The second kappa shape index (κ2) is 8.53. The van der Waals surface area contributed by atoms with Gasteiger partial charge in [0.1, 0.15) is 6.04 Å². The molecule has 0 aromatic heterocycles. The summed E-state index contributed by atoms with van der Waals surface area (Å²) in [5, 5.41) is 13.9. The number of benzene rings is 1. The van der Waals surface area contributed by atoms with Crippen molar-refractivity contribution in [2.75, 3.05) is 6.54 Å². The molecule has 6 nitrogen and oxygen atoms in total. The molecule has 0 aliphatic rings. The van der Waals surface area contributed by atoms with Gasteiger partial charge in [-0.05, 0) is 36.6 Å². The van der Waals surface area contributed by atoms with Crippen molar-refractivity contribution in [3.63, 3.8) is 0 Å². The van der Waals surface area contributed by atoms with Gasteiger partial charge in [0.25, 0.3) is 5.91 Å². The molecule has 7 heteroatoms. The number of carbonyl (C=O) groups excluding carboxylic acids is 2. The SMILES string of the molecule is CC(C)C[C@H](NC(=O)CNC(=O)c1ccc(Br)cc1)C(=O)O. The summed E-state index contributed by atoms with van der Waals surface area (Å²) in [4.78, 5) is 34.6. The first-order valence-electron chi connectivity index (χ1n) is 6.85. The highest BCUT2D eigenvalue weighted by Crippen LogP contribution is 2.10. The van der Waals surface area contributed by atoms with Crippen LogP contribution in [0, 0.1) is 5.92 Å². The van der Waals surface area contributed by atoms with Crippen LogP contribution in [0.3, 0.4) is 0 Å². The zero-order valence-corrected chi connectivity index (χ0v) is 14.0. The minimum atomic E-state index is -1.08. The number of carboxylic acid groups (broad SMARTS) is 1. The summed E-state index contributed by atoms with van der Waals surface area (Å²) in [7, 11) is 0. The zero-order valence-electron chi connectivity index (χ0n) is 12.4. The summed E-state index contributed by atoms with van der Waals surface area (Å²) < 4.78 is 0.847. The van der Waals surface area contributed by atoms with E-state index in [0.717, 1.165) is 4.47 Å². The summed E-state index contributed by atoms with van der Waals surface area (Å²) >= 11 is 3.27. The van der Waals surface area contributed by atoms with Gasteiger partial charge in [-0.25, -0.2) is 4.79 Å². The summed E-state index contributed by atoms with van der Waals surface area (Å²) in [6.45, 7) is 3.48. The van der Waals surface area contributed by atoms with Gasteiger partial charge in [-0.15, -0.1) is 0 Å². The van der Waals surface area contributed by atoms with Crippen molar-refractivity contribution < 1.29 is 19.5 Å². The molecule has 1 rings (SSSR count). The van der Waals surface area contributed by atoms with Crippen molar-refractivity contribution >= 4 is 33.7 Å². The van der Waals surface area contributed by atoms with E-state index in [9.17, 15) is 14.4 Å². The molecule has 0 aliphatic carbocycles. The Morgan fingerprint density at radius 1 is 1.18 bits per heavy atom. The molecule has 0 spiro atoms. The van der Waals surface area contributed by atoms with E-state index < -0.39 is 23.8 Å². The largest absolute Gasteiger partial charge is 0.480 e. The number of hydrogen-bond acceptors (Lipinski definition) is 3. The third kappa shape index (κ3) is 6.26. The minimum absolute atomic E-state index is 0.138. The molecule has 3 N–H and O–H groups in total. The van der Waals surface area contributed by atoms with Gasteiger partial charge in [-0.1, -0.05) is 29.8 Å². The molecule has 0 fully saturated rings. The van der Waals surface area contributed by atoms with Gasteiger partial charge >= 0.3 is 5.97 Å². The number of amides is 2. The van der Waals surface area contributed by atoms with Gasteiger partial charge in [-0.3, -0.25) is 9.59 Å². The van der Waals surface area contributed by atoms with E-state index in [1.54, 1.807) is 24.3 Å². The lowest BCUT2D eigenvalue weighted by atomic mass is 10.0. The number of hydrogen-bond donors (Lipinski definition) is 3.